The molecule has 0 spiro atoms. The molecule has 14 heavy (non-hydrogen) atoms. The van der Waals surface area contributed by atoms with E-state index in [0.29, 0.717) is 11.9 Å². The average Bonchev–Trinajstić information content (AvgIpc) is 2.65. The Labute approximate surface area is 82.9 Å². The number of piperidine rings is 1. The van der Waals surface area contributed by atoms with Crippen molar-refractivity contribution in [1.29, 1.82) is 0 Å². The Hall–Kier alpha value is -1.01. The summed E-state index contributed by atoms with van der Waals surface area (Å²) in [6, 6.07) is 0.465. The van der Waals surface area contributed by atoms with Gasteiger partial charge in [0.25, 0.3) is 0 Å². The van der Waals surface area contributed by atoms with E-state index in [4.69, 9.17) is 5.73 Å². The molecule has 0 radical (unpaired) electrons. The highest BCUT2D eigenvalue weighted by Crippen LogP contribution is 2.30. The lowest BCUT2D eigenvalue weighted by atomic mass is 9.84. The summed E-state index contributed by atoms with van der Waals surface area (Å²) in [5, 5.41) is 14.0. The normalized spacial score (nSPS) is 34.6. The predicted molar refractivity (Wildman–Crippen MR) is 51.4 cm³/mol. The van der Waals surface area contributed by atoms with Gasteiger partial charge in [-0.3, -0.25) is 0 Å². The van der Waals surface area contributed by atoms with Crippen LogP contribution in [0.2, 0.25) is 0 Å². The van der Waals surface area contributed by atoms with Crippen LogP contribution >= 0.6 is 0 Å². The molecule has 1 fully saturated rings. The summed E-state index contributed by atoms with van der Waals surface area (Å²) in [6.45, 7) is 3.15. The standard InChI is InChI=1S/C8H16N6/c1-6-5-8(9,3-4-14(6)2)7-10-12-13-11-7/h6H,3-5,9H2,1-2H3,(H,10,11,12,13). The van der Waals surface area contributed by atoms with Crippen LogP contribution in [0.15, 0.2) is 0 Å². The molecule has 6 nitrogen and oxygen atoms in total. The lowest BCUT2D eigenvalue weighted by Crippen LogP contribution is -2.51. The van der Waals surface area contributed by atoms with E-state index in [2.05, 4.69) is 39.5 Å². The van der Waals surface area contributed by atoms with E-state index in [-0.39, 0.29) is 0 Å². The molecular weight excluding hydrogens is 180 g/mol. The van der Waals surface area contributed by atoms with Gasteiger partial charge < -0.3 is 10.6 Å². The molecule has 2 heterocycles. The maximum atomic E-state index is 6.27. The van der Waals surface area contributed by atoms with Gasteiger partial charge in [-0.15, -0.1) is 10.2 Å². The van der Waals surface area contributed by atoms with Gasteiger partial charge in [0.2, 0.25) is 0 Å². The fourth-order valence-electron chi connectivity index (χ4n) is 1.96. The highest BCUT2D eigenvalue weighted by atomic mass is 15.5. The van der Waals surface area contributed by atoms with Crippen LogP contribution in [0, 0.1) is 0 Å². The summed E-state index contributed by atoms with van der Waals surface area (Å²) in [5.41, 5.74) is 5.86. The number of nitrogens with zero attached hydrogens (tertiary/aromatic N) is 4. The van der Waals surface area contributed by atoms with E-state index in [1.54, 1.807) is 0 Å². The second-order valence-corrected chi connectivity index (χ2v) is 4.18. The minimum absolute atomic E-state index is 0.404. The predicted octanol–water partition coefficient (Wildman–Crippen LogP) is -0.532. The van der Waals surface area contributed by atoms with Crippen LogP contribution in [0.1, 0.15) is 25.6 Å². The summed E-state index contributed by atoms with van der Waals surface area (Å²) >= 11 is 0. The number of aromatic nitrogens is 4. The van der Waals surface area contributed by atoms with Gasteiger partial charge in [0.05, 0.1) is 5.54 Å². The van der Waals surface area contributed by atoms with Crippen LogP contribution in [-0.2, 0) is 5.54 Å². The molecule has 1 aromatic heterocycles. The molecule has 3 N–H and O–H groups in total. The molecule has 1 saturated heterocycles. The van der Waals surface area contributed by atoms with Crippen LogP contribution in [0.3, 0.4) is 0 Å². The Morgan fingerprint density at radius 1 is 1.64 bits per heavy atom. The third-order valence-electron chi connectivity index (χ3n) is 3.11. The Kier molecular flexibility index (Phi) is 2.24. The Morgan fingerprint density at radius 2 is 2.43 bits per heavy atom. The largest absolute Gasteiger partial charge is 0.319 e. The lowest BCUT2D eigenvalue weighted by molar-refractivity contribution is 0.126. The van der Waals surface area contributed by atoms with Gasteiger partial charge in [-0.1, -0.05) is 5.21 Å². The molecule has 6 heteroatoms. The second-order valence-electron chi connectivity index (χ2n) is 4.18. The van der Waals surface area contributed by atoms with Crippen LogP contribution < -0.4 is 5.73 Å². The smallest absolute Gasteiger partial charge is 0.194 e. The highest BCUT2D eigenvalue weighted by molar-refractivity contribution is 5.05. The molecule has 0 saturated carbocycles. The first-order chi connectivity index (χ1) is 6.62. The Balaban J connectivity index is 2.18. The molecule has 78 valence electrons. The topological polar surface area (TPSA) is 83.7 Å². The van der Waals surface area contributed by atoms with Crippen molar-refractivity contribution in [2.75, 3.05) is 13.6 Å². The second kappa shape index (κ2) is 3.29. The van der Waals surface area contributed by atoms with Gasteiger partial charge in [0.15, 0.2) is 5.82 Å². The van der Waals surface area contributed by atoms with Crippen molar-refractivity contribution in [3.05, 3.63) is 5.82 Å². The minimum Gasteiger partial charge on any atom is -0.319 e. The summed E-state index contributed by atoms with van der Waals surface area (Å²) in [6.07, 6.45) is 1.76. The maximum Gasteiger partial charge on any atom is 0.194 e. The van der Waals surface area contributed by atoms with Gasteiger partial charge in [0, 0.05) is 12.6 Å². The van der Waals surface area contributed by atoms with E-state index in [0.717, 1.165) is 19.4 Å². The van der Waals surface area contributed by atoms with Crippen molar-refractivity contribution in [2.45, 2.75) is 31.3 Å². The molecule has 1 aliphatic rings. The zero-order valence-electron chi connectivity index (χ0n) is 8.56. The van der Waals surface area contributed by atoms with Crippen molar-refractivity contribution in [3.8, 4) is 0 Å². The van der Waals surface area contributed by atoms with Gasteiger partial charge >= 0.3 is 0 Å². The van der Waals surface area contributed by atoms with E-state index < -0.39 is 5.54 Å². The molecule has 2 rings (SSSR count). The number of aromatic amines is 1. The summed E-state index contributed by atoms with van der Waals surface area (Å²) < 4.78 is 0. The van der Waals surface area contributed by atoms with Crippen LogP contribution in [-0.4, -0.2) is 45.2 Å². The molecule has 1 aromatic rings. The zero-order chi connectivity index (χ0) is 10.2. The Morgan fingerprint density at radius 3 is 3.00 bits per heavy atom. The van der Waals surface area contributed by atoms with E-state index in [9.17, 15) is 0 Å². The van der Waals surface area contributed by atoms with Crippen LogP contribution in [0.5, 0.6) is 0 Å². The van der Waals surface area contributed by atoms with Gasteiger partial charge in [-0.05, 0) is 26.8 Å². The van der Waals surface area contributed by atoms with Crippen molar-refractivity contribution in [1.82, 2.24) is 25.5 Å². The summed E-state index contributed by atoms with van der Waals surface area (Å²) in [4.78, 5) is 2.30. The van der Waals surface area contributed by atoms with Crippen molar-refractivity contribution in [2.24, 2.45) is 5.73 Å². The van der Waals surface area contributed by atoms with Gasteiger partial charge in [-0.2, -0.15) is 5.21 Å². The zero-order valence-corrected chi connectivity index (χ0v) is 8.56. The molecule has 0 amide bonds. The number of nitrogens with one attached hydrogen (secondary N) is 1. The first-order valence-electron chi connectivity index (χ1n) is 4.85. The number of likely N-dealkylation sites (tertiary alicyclic amines) is 1. The van der Waals surface area contributed by atoms with Crippen LogP contribution in [0.4, 0.5) is 0 Å². The molecule has 0 aliphatic carbocycles. The quantitative estimate of drug-likeness (QED) is 0.630. The molecule has 2 unspecified atom stereocenters. The van der Waals surface area contributed by atoms with Crippen molar-refractivity contribution in [3.63, 3.8) is 0 Å². The number of nitrogens with two attached hydrogens (primary N) is 1. The molecular formula is C8H16N6. The molecule has 2 atom stereocenters. The number of rotatable bonds is 1. The molecule has 1 aliphatic heterocycles. The molecule has 0 bridgehead atoms. The van der Waals surface area contributed by atoms with Gasteiger partial charge in [0.1, 0.15) is 0 Å². The third-order valence-corrected chi connectivity index (χ3v) is 3.11. The number of H-pyrrole nitrogens is 1. The molecule has 0 aromatic carbocycles. The minimum atomic E-state index is -0.404. The lowest BCUT2D eigenvalue weighted by Gasteiger charge is -2.39. The van der Waals surface area contributed by atoms with Gasteiger partial charge in [-0.25, -0.2) is 0 Å². The SMILES string of the molecule is CC1CC(N)(c2nn[nH]n2)CCN1C. The highest BCUT2D eigenvalue weighted by Gasteiger charge is 2.38. The van der Waals surface area contributed by atoms with E-state index in [1.165, 1.54) is 0 Å². The average molecular weight is 196 g/mol. The number of hydrogen-bond donors (Lipinski definition) is 2. The summed E-state index contributed by atoms with van der Waals surface area (Å²) in [5.74, 6) is 0.637. The fraction of sp³-hybridized carbons (Fsp3) is 0.875. The van der Waals surface area contributed by atoms with E-state index >= 15 is 0 Å². The van der Waals surface area contributed by atoms with E-state index in [1.807, 2.05) is 0 Å². The summed E-state index contributed by atoms with van der Waals surface area (Å²) in [7, 11) is 2.11. The van der Waals surface area contributed by atoms with Crippen molar-refractivity contribution < 1.29 is 0 Å². The third kappa shape index (κ3) is 1.51. The van der Waals surface area contributed by atoms with Crippen LogP contribution in [0.25, 0.3) is 0 Å². The van der Waals surface area contributed by atoms with Crippen molar-refractivity contribution >= 4 is 0 Å². The Bertz CT molecular complexity index is 297. The number of hydrogen-bond acceptors (Lipinski definition) is 5. The first kappa shape index (κ1) is 9.54. The number of tetrazole rings is 1. The maximum absolute atomic E-state index is 6.27. The fourth-order valence-corrected chi connectivity index (χ4v) is 1.96. The monoisotopic (exact) mass is 196 g/mol. The first-order valence-corrected chi connectivity index (χ1v) is 4.85.